The lowest BCUT2D eigenvalue weighted by Gasteiger charge is -2.34. The van der Waals surface area contributed by atoms with Crippen molar-refractivity contribution in [2.75, 3.05) is 14.2 Å². The second kappa shape index (κ2) is 4.94. The van der Waals surface area contributed by atoms with Gasteiger partial charge < -0.3 is 9.47 Å². The molecule has 0 aromatic heterocycles. The van der Waals surface area contributed by atoms with E-state index in [9.17, 15) is 0 Å². The highest BCUT2D eigenvalue weighted by Gasteiger charge is 2.29. The molecule has 21 heavy (non-hydrogen) atoms. The first-order chi connectivity index (χ1) is 9.99. The molecule has 0 unspecified atom stereocenters. The molecule has 0 bridgehead atoms. The lowest BCUT2D eigenvalue weighted by Crippen LogP contribution is -2.24. The van der Waals surface area contributed by atoms with Crippen LogP contribution < -0.4 is 9.47 Å². The molecule has 0 saturated heterocycles. The van der Waals surface area contributed by atoms with Crippen LogP contribution in [-0.2, 0) is 11.8 Å². The van der Waals surface area contributed by atoms with E-state index in [0.29, 0.717) is 0 Å². The SMILES string of the molecule is COc1ccc2cc3c(c(C)c2c1OC)CCCC3(C)C. The van der Waals surface area contributed by atoms with Crippen molar-refractivity contribution in [1.29, 1.82) is 0 Å². The van der Waals surface area contributed by atoms with E-state index < -0.39 is 0 Å². The number of methoxy groups -OCH3 is 2. The molecule has 2 heteroatoms. The van der Waals surface area contributed by atoms with Crippen molar-refractivity contribution in [2.24, 2.45) is 0 Å². The largest absolute Gasteiger partial charge is 0.493 e. The molecule has 2 aromatic carbocycles. The summed E-state index contributed by atoms with van der Waals surface area (Å²) in [7, 11) is 3.42. The summed E-state index contributed by atoms with van der Waals surface area (Å²) < 4.78 is 11.1. The molecule has 0 N–H and O–H groups in total. The molecule has 0 fully saturated rings. The summed E-state index contributed by atoms with van der Waals surface area (Å²) in [4.78, 5) is 0. The number of benzene rings is 2. The van der Waals surface area contributed by atoms with Crippen LogP contribution in [-0.4, -0.2) is 14.2 Å². The van der Waals surface area contributed by atoms with Crippen molar-refractivity contribution in [1.82, 2.24) is 0 Å². The molecule has 0 amide bonds. The zero-order valence-electron chi connectivity index (χ0n) is 13.7. The molecule has 112 valence electrons. The minimum absolute atomic E-state index is 0.264. The Bertz CT molecular complexity index is 699. The van der Waals surface area contributed by atoms with Gasteiger partial charge in [-0.15, -0.1) is 0 Å². The zero-order chi connectivity index (χ0) is 15.2. The highest BCUT2D eigenvalue weighted by atomic mass is 16.5. The summed E-state index contributed by atoms with van der Waals surface area (Å²) in [6.45, 7) is 6.94. The standard InChI is InChI=1S/C19H24O2/c1-12-14-7-6-10-19(2,3)15(14)11-13-8-9-16(20-4)18(21-5)17(12)13/h8-9,11H,6-7,10H2,1-5H3. The van der Waals surface area contributed by atoms with Crippen molar-refractivity contribution in [3.63, 3.8) is 0 Å². The number of ether oxygens (including phenoxy) is 2. The number of hydrogen-bond acceptors (Lipinski definition) is 2. The Morgan fingerprint density at radius 2 is 1.86 bits per heavy atom. The predicted molar refractivity (Wildman–Crippen MR) is 87.8 cm³/mol. The van der Waals surface area contributed by atoms with E-state index in [4.69, 9.17) is 9.47 Å². The van der Waals surface area contributed by atoms with Gasteiger partial charge in [0.15, 0.2) is 11.5 Å². The topological polar surface area (TPSA) is 18.5 Å². The van der Waals surface area contributed by atoms with Gasteiger partial charge in [-0.1, -0.05) is 26.0 Å². The smallest absolute Gasteiger partial charge is 0.168 e. The maximum atomic E-state index is 5.65. The second-order valence-electron chi connectivity index (χ2n) is 6.66. The van der Waals surface area contributed by atoms with Gasteiger partial charge in [-0.3, -0.25) is 0 Å². The number of aryl methyl sites for hydroxylation is 1. The molecule has 1 aliphatic carbocycles. The van der Waals surface area contributed by atoms with Gasteiger partial charge in [0, 0.05) is 5.39 Å². The average Bonchev–Trinajstić information content (AvgIpc) is 2.47. The fourth-order valence-corrected chi connectivity index (χ4v) is 3.81. The van der Waals surface area contributed by atoms with Gasteiger partial charge in [-0.05, 0) is 59.7 Å². The van der Waals surface area contributed by atoms with Gasteiger partial charge in [0.2, 0.25) is 0 Å². The van der Waals surface area contributed by atoms with Crippen LogP contribution in [0.5, 0.6) is 11.5 Å². The van der Waals surface area contributed by atoms with Gasteiger partial charge in [0.25, 0.3) is 0 Å². The average molecular weight is 284 g/mol. The molecule has 0 spiro atoms. The van der Waals surface area contributed by atoms with Crippen LogP contribution in [0.1, 0.15) is 43.4 Å². The Morgan fingerprint density at radius 1 is 1.10 bits per heavy atom. The van der Waals surface area contributed by atoms with Crippen molar-refractivity contribution in [3.8, 4) is 11.5 Å². The zero-order valence-corrected chi connectivity index (χ0v) is 13.7. The van der Waals surface area contributed by atoms with Crippen LogP contribution in [0.3, 0.4) is 0 Å². The lowest BCUT2D eigenvalue weighted by atomic mass is 9.71. The van der Waals surface area contributed by atoms with Gasteiger partial charge >= 0.3 is 0 Å². The Hall–Kier alpha value is -1.70. The summed E-state index contributed by atoms with van der Waals surface area (Å²) >= 11 is 0. The van der Waals surface area contributed by atoms with E-state index in [0.717, 1.165) is 11.5 Å². The fourth-order valence-electron chi connectivity index (χ4n) is 3.81. The maximum Gasteiger partial charge on any atom is 0.168 e. The van der Waals surface area contributed by atoms with Crippen LogP contribution in [0, 0.1) is 6.92 Å². The highest BCUT2D eigenvalue weighted by Crippen LogP contribution is 2.45. The van der Waals surface area contributed by atoms with Crippen molar-refractivity contribution >= 4 is 10.8 Å². The summed E-state index contributed by atoms with van der Waals surface area (Å²) in [5, 5.41) is 2.45. The van der Waals surface area contributed by atoms with Gasteiger partial charge in [0.1, 0.15) is 0 Å². The third kappa shape index (κ3) is 2.08. The number of fused-ring (bicyclic) bond motifs is 2. The first kappa shape index (κ1) is 14.2. The number of hydrogen-bond donors (Lipinski definition) is 0. The monoisotopic (exact) mass is 284 g/mol. The van der Waals surface area contributed by atoms with Crippen LogP contribution in [0.15, 0.2) is 18.2 Å². The van der Waals surface area contributed by atoms with E-state index in [1.807, 2.05) is 6.07 Å². The molecule has 3 rings (SSSR count). The van der Waals surface area contributed by atoms with E-state index in [1.165, 1.54) is 46.7 Å². The van der Waals surface area contributed by atoms with Gasteiger partial charge in [-0.25, -0.2) is 0 Å². The van der Waals surface area contributed by atoms with Gasteiger partial charge in [0.05, 0.1) is 14.2 Å². The maximum absolute atomic E-state index is 5.65. The van der Waals surface area contributed by atoms with Crippen molar-refractivity contribution < 1.29 is 9.47 Å². The Balaban J connectivity index is 2.39. The lowest BCUT2D eigenvalue weighted by molar-refractivity contribution is 0.358. The first-order valence-corrected chi connectivity index (χ1v) is 7.67. The molecule has 0 saturated carbocycles. The fraction of sp³-hybridized carbons (Fsp3) is 0.474. The molecule has 0 radical (unpaired) electrons. The number of rotatable bonds is 2. The van der Waals surface area contributed by atoms with Crippen molar-refractivity contribution in [3.05, 3.63) is 34.9 Å². The molecule has 2 nitrogen and oxygen atoms in total. The van der Waals surface area contributed by atoms with E-state index in [2.05, 4.69) is 32.9 Å². The van der Waals surface area contributed by atoms with Crippen LogP contribution in [0.25, 0.3) is 10.8 Å². The Morgan fingerprint density at radius 3 is 2.52 bits per heavy atom. The quantitative estimate of drug-likeness (QED) is 0.790. The Labute approximate surface area is 127 Å². The molecule has 0 heterocycles. The third-order valence-corrected chi connectivity index (χ3v) is 4.99. The minimum Gasteiger partial charge on any atom is -0.493 e. The summed E-state index contributed by atoms with van der Waals surface area (Å²) in [6, 6.07) is 6.51. The molecule has 0 atom stereocenters. The Kier molecular flexibility index (Phi) is 3.35. The van der Waals surface area contributed by atoms with Crippen molar-refractivity contribution in [2.45, 2.75) is 45.4 Å². The minimum atomic E-state index is 0.264. The summed E-state index contributed by atoms with van der Waals surface area (Å²) in [5.74, 6) is 1.67. The second-order valence-corrected chi connectivity index (χ2v) is 6.66. The van der Waals surface area contributed by atoms with Crippen LogP contribution >= 0.6 is 0 Å². The normalized spacial score (nSPS) is 16.6. The predicted octanol–water partition coefficient (Wildman–Crippen LogP) is 4.78. The van der Waals surface area contributed by atoms with Crippen LogP contribution in [0.2, 0.25) is 0 Å². The van der Waals surface area contributed by atoms with E-state index >= 15 is 0 Å². The molecule has 0 aliphatic heterocycles. The summed E-state index contributed by atoms with van der Waals surface area (Å²) in [5.41, 5.74) is 4.63. The molecule has 2 aromatic rings. The molecular weight excluding hydrogens is 260 g/mol. The van der Waals surface area contributed by atoms with E-state index in [-0.39, 0.29) is 5.41 Å². The molecular formula is C19H24O2. The highest BCUT2D eigenvalue weighted by molar-refractivity contribution is 5.95. The summed E-state index contributed by atoms with van der Waals surface area (Å²) in [6.07, 6.45) is 3.69. The van der Waals surface area contributed by atoms with E-state index in [1.54, 1.807) is 14.2 Å². The first-order valence-electron chi connectivity index (χ1n) is 7.67. The van der Waals surface area contributed by atoms with Gasteiger partial charge in [-0.2, -0.15) is 0 Å². The third-order valence-electron chi connectivity index (χ3n) is 4.99. The van der Waals surface area contributed by atoms with Crippen LogP contribution in [0.4, 0.5) is 0 Å². The molecule has 1 aliphatic rings.